The van der Waals surface area contributed by atoms with E-state index in [0.717, 1.165) is 17.3 Å². The van der Waals surface area contributed by atoms with Crippen LogP contribution in [0.1, 0.15) is 36.5 Å². The molecule has 3 heterocycles. The Morgan fingerprint density at radius 1 is 1.17 bits per heavy atom. The summed E-state index contributed by atoms with van der Waals surface area (Å²) < 4.78 is 3.52. The summed E-state index contributed by atoms with van der Waals surface area (Å²) in [6.07, 6.45) is 2.69. The number of nitrogens with zero attached hydrogens (tertiary/aromatic N) is 5. The molecule has 1 aromatic carbocycles. The molecule has 0 unspecified atom stereocenters. The van der Waals surface area contributed by atoms with Crippen LogP contribution in [0.5, 0.6) is 5.88 Å². The van der Waals surface area contributed by atoms with Crippen molar-refractivity contribution in [2.24, 2.45) is 16.1 Å². The number of aromatic nitrogens is 3. The zero-order chi connectivity index (χ0) is 20.5. The Balaban J connectivity index is 1.74. The van der Waals surface area contributed by atoms with Crippen LogP contribution in [0, 0.1) is 12.8 Å². The lowest BCUT2D eigenvalue weighted by Crippen LogP contribution is -2.01. The van der Waals surface area contributed by atoms with Crippen molar-refractivity contribution in [1.29, 1.82) is 0 Å². The van der Waals surface area contributed by atoms with Crippen LogP contribution in [0.15, 0.2) is 58.9 Å². The number of pyridine rings is 1. The predicted octanol–water partition coefficient (Wildman–Crippen LogP) is 5.27. The second kappa shape index (κ2) is 7.50. The van der Waals surface area contributed by atoms with Gasteiger partial charge in [0.25, 0.3) is 0 Å². The van der Waals surface area contributed by atoms with E-state index in [0.29, 0.717) is 35.2 Å². The van der Waals surface area contributed by atoms with E-state index < -0.39 is 5.91 Å². The number of rotatable bonds is 5. The number of carbonyl (C=O) groups excluding carboxylic acids is 1. The quantitative estimate of drug-likeness (QED) is 0.472. The van der Waals surface area contributed by atoms with Crippen molar-refractivity contribution in [2.75, 3.05) is 0 Å². The average Bonchev–Trinajstić information content (AvgIpc) is 3.17. The smallest absolute Gasteiger partial charge is 0.314 e. The molecule has 0 saturated carbocycles. The van der Waals surface area contributed by atoms with Gasteiger partial charge in [0.1, 0.15) is 11.3 Å². The molecule has 0 fully saturated rings. The van der Waals surface area contributed by atoms with Gasteiger partial charge in [-0.2, -0.15) is 0 Å². The number of azo groups is 1. The van der Waals surface area contributed by atoms with Gasteiger partial charge >= 0.3 is 5.91 Å². The summed E-state index contributed by atoms with van der Waals surface area (Å²) in [5.41, 5.74) is 2.81. The van der Waals surface area contributed by atoms with Crippen LogP contribution in [0.25, 0.3) is 16.6 Å². The van der Waals surface area contributed by atoms with E-state index in [1.807, 2.05) is 47.0 Å². The second-order valence-corrected chi connectivity index (χ2v) is 7.50. The van der Waals surface area contributed by atoms with E-state index in [1.165, 1.54) is 0 Å². The number of aromatic hydroxyl groups is 1. The van der Waals surface area contributed by atoms with Gasteiger partial charge in [0, 0.05) is 18.1 Å². The Hall–Kier alpha value is -3.48. The first-order valence-electron chi connectivity index (χ1n) is 9.67. The molecule has 1 N–H and O–H groups in total. The van der Waals surface area contributed by atoms with Crippen LogP contribution in [-0.4, -0.2) is 25.0 Å². The average molecular weight is 389 g/mol. The highest BCUT2D eigenvalue weighted by Gasteiger charge is 2.19. The van der Waals surface area contributed by atoms with Crippen molar-refractivity contribution in [3.8, 4) is 5.88 Å². The SMILES string of the molecule is Cc1nc2ccccn2c1C(=O)N=Nc1c(O)n(CCC(C)C)c2ccccc12. The predicted molar refractivity (Wildman–Crippen MR) is 112 cm³/mol. The van der Waals surface area contributed by atoms with Crippen molar-refractivity contribution >= 4 is 28.1 Å². The highest BCUT2D eigenvalue weighted by Crippen LogP contribution is 2.39. The summed E-state index contributed by atoms with van der Waals surface area (Å²) in [6, 6.07) is 13.1. The Bertz CT molecular complexity index is 1230. The molecule has 29 heavy (non-hydrogen) atoms. The molecule has 0 radical (unpaired) electrons. The van der Waals surface area contributed by atoms with Crippen molar-refractivity contribution in [1.82, 2.24) is 14.0 Å². The molecular weight excluding hydrogens is 366 g/mol. The molecule has 148 valence electrons. The van der Waals surface area contributed by atoms with Crippen LogP contribution in [-0.2, 0) is 6.54 Å². The molecule has 7 nitrogen and oxygen atoms in total. The topological polar surface area (TPSA) is 84.2 Å². The van der Waals surface area contributed by atoms with Crippen molar-refractivity contribution in [2.45, 2.75) is 33.7 Å². The number of imidazole rings is 1. The lowest BCUT2D eigenvalue weighted by molar-refractivity contribution is 0.0989. The summed E-state index contributed by atoms with van der Waals surface area (Å²) in [5.74, 6) is 0.0261. The van der Waals surface area contributed by atoms with Crippen LogP contribution < -0.4 is 0 Å². The van der Waals surface area contributed by atoms with Gasteiger partial charge in [0.05, 0.1) is 11.2 Å². The first-order valence-corrected chi connectivity index (χ1v) is 9.67. The molecule has 0 saturated heterocycles. The van der Waals surface area contributed by atoms with Gasteiger partial charge in [0.2, 0.25) is 5.88 Å². The van der Waals surface area contributed by atoms with E-state index >= 15 is 0 Å². The number of para-hydroxylation sites is 1. The van der Waals surface area contributed by atoms with Crippen molar-refractivity contribution in [3.05, 3.63) is 60.0 Å². The van der Waals surface area contributed by atoms with Crippen molar-refractivity contribution < 1.29 is 9.90 Å². The van der Waals surface area contributed by atoms with Crippen LogP contribution in [0.4, 0.5) is 5.69 Å². The van der Waals surface area contributed by atoms with E-state index in [2.05, 4.69) is 29.1 Å². The fourth-order valence-electron chi connectivity index (χ4n) is 3.50. The van der Waals surface area contributed by atoms with E-state index in [9.17, 15) is 9.90 Å². The zero-order valence-electron chi connectivity index (χ0n) is 16.7. The lowest BCUT2D eigenvalue weighted by atomic mass is 10.1. The largest absolute Gasteiger partial charge is 0.493 e. The minimum absolute atomic E-state index is 0.0262. The number of carbonyl (C=O) groups is 1. The summed E-state index contributed by atoms with van der Waals surface area (Å²) in [6.45, 7) is 6.71. The Morgan fingerprint density at radius 3 is 2.72 bits per heavy atom. The third kappa shape index (κ3) is 3.40. The van der Waals surface area contributed by atoms with Gasteiger partial charge < -0.3 is 9.67 Å². The molecule has 4 aromatic rings. The van der Waals surface area contributed by atoms with Crippen LogP contribution in [0.3, 0.4) is 0 Å². The van der Waals surface area contributed by atoms with Crippen molar-refractivity contribution in [3.63, 3.8) is 0 Å². The van der Waals surface area contributed by atoms with Gasteiger partial charge in [-0.25, -0.2) is 4.98 Å². The highest BCUT2D eigenvalue weighted by atomic mass is 16.3. The molecule has 0 spiro atoms. The lowest BCUT2D eigenvalue weighted by Gasteiger charge is -2.08. The maximum Gasteiger partial charge on any atom is 0.314 e. The molecule has 0 aliphatic heterocycles. The van der Waals surface area contributed by atoms with Crippen LogP contribution in [0.2, 0.25) is 0 Å². The maximum atomic E-state index is 12.8. The minimum Gasteiger partial charge on any atom is -0.493 e. The minimum atomic E-state index is -0.500. The number of amides is 1. The fraction of sp³-hybridized carbons (Fsp3) is 0.273. The molecule has 1 amide bonds. The van der Waals surface area contributed by atoms with Gasteiger partial charge in [-0.1, -0.05) is 38.1 Å². The third-order valence-electron chi connectivity index (χ3n) is 5.00. The molecule has 0 aliphatic carbocycles. The van der Waals surface area contributed by atoms with Gasteiger partial charge in [-0.05, 0) is 37.5 Å². The maximum absolute atomic E-state index is 12.8. The number of hydrogen-bond donors (Lipinski definition) is 1. The van der Waals surface area contributed by atoms with E-state index in [-0.39, 0.29) is 5.88 Å². The summed E-state index contributed by atoms with van der Waals surface area (Å²) in [5, 5.41) is 19.6. The van der Waals surface area contributed by atoms with E-state index in [4.69, 9.17) is 0 Å². The molecule has 7 heteroatoms. The van der Waals surface area contributed by atoms with Gasteiger partial charge in [-0.3, -0.25) is 9.20 Å². The fourth-order valence-corrected chi connectivity index (χ4v) is 3.50. The first-order chi connectivity index (χ1) is 14.0. The van der Waals surface area contributed by atoms with E-state index in [1.54, 1.807) is 17.5 Å². The Labute approximate surface area is 168 Å². The first kappa shape index (κ1) is 18.9. The molecule has 0 bridgehead atoms. The van der Waals surface area contributed by atoms with Gasteiger partial charge in [0.15, 0.2) is 5.69 Å². The zero-order valence-corrected chi connectivity index (χ0v) is 16.7. The highest BCUT2D eigenvalue weighted by molar-refractivity contribution is 5.97. The number of aryl methyl sites for hydroxylation is 2. The monoisotopic (exact) mass is 389 g/mol. The Kier molecular flexibility index (Phi) is 4.88. The molecular formula is C22H23N5O2. The standard InChI is InChI=1S/C22H23N5O2/c1-14(2)11-13-26-17-9-5-4-8-16(17)19(22(26)29)24-25-21(28)20-15(3)23-18-10-6-7-12-27(18)20/h4-10,12,14,29H,11,13H2,1-3H3. The van der Waals surface area contributed by atoms with Crippen LogP contribution >= 0.6 is 0 Å². The molecule has 0 atom stereocenters. The molecule has 0 aliphatic rings. The Morgan fingerprint density at radius 2 is 1.93 bits per heavy atom. The summed E-state index contributed by atoms with van der Waals surface area (Å²) >= 11 is 0. The molecule has 3 aromatic heterocycles. The number of benzene rings is 1. The second-order valence-electron chi connectivity index (χ2n) is 7.50. The molecule has 4 rings (SSSR count). The summed E-state index contributed by atoms with van der Waals surface area (Å²) in [4.78, 5) is 17.2. The number of hydrogen-bond acceptors (Lipinski definition) is 4. The third-order valence-corrected chi connectivity index (χ3v) is 5.00. The number of fused-ring (bicyclic) bond motifs is 2. The summed E-state index contributed by atoms with van der Waals surface area (Å²) in [7, 11) is 0. The normalized spacial score (nSPS) is 12.0. The van der Waals surface area contributed by atoms with Gasteiger partial charge in [-0.15, -0.1) is 10.2 Å².